The molecular weight excluding hydrogens is 196 g/mol. The van der Waals surface area contributed by atoms with Crippen molar-refractivity contribution in [3.8, 4) is 0 Å². The van der Waals surface area contributed by atoms with Crippen LogP contribution in [0.2, 0.25) is 0 Å². The first-order valence-electron chi connectivity index (χ1n) is 4.99. The Hall–Kier alpha value is -1.36. The maximum absolute atomic E-state index is 10.5. The number of rotatable bonds is 6. The van der Waals surface area contributed by atoms with Crippen molar-refractivity contribution in [1.82, 2.24) is 10.5 Å². The van der Waals surface area contributed by atoms with Gasteiger partial charge in [0.15, 0.2) is 11.5 Å². The average molecular weight is 212 g/mol. The normalized spacial score (nSPS) is 10.9. The van der Waals surface area contributed by atoms with E-state index in [9.17, 15) is 4.79 Å². The van der Waals surface area contributed by atoms with Gasteiger partial charge in [0, 0.05) is 6.07 Å². The average Bonchev–Trinajstić information content (AvgIpc) is 2.60. The summed E-state index contributed by atoms with van der Waals surface area (Å²) in [4.78, 5) is 10.5. The van der Waals surface area contributed by atoms with Crippen molar-refractivity contribution in [2.75, 3.05) is 6.54 Å². The fourth-order valence-corrected chi connectivity index (χ4v) is 1.10. The maximum Gasteiger partial charge on any atom is 0.358 e. The van der Waals surface area contributed by atoms with Crippen LogP contribution in [0.3, 0.4) is 0 Å². The third kappa shape index (κ3) is 4.12. The molecule has 0 aliphatic rings. The quantitative estimate of drug-likeness (QED) is 0.699. The molecule has 0 saturated heterocycles. The van der Waals surface area contributed by atoms with Crippen molar-refractivity contribution in [3.63, 3.8) is 0 Å². The second kappa shape index (κ2) is 5.50. The van der Waals surface area contributed by atoms with Gasteiger partial charge in [0.2, 0.25) is 0 Å². The Bertz CT molecular complexity index is 320. The van der Waals surface area contributed by atoms with E-state index in [0.717, 1.165) is 13.0 Å². The highest BCUT2D eigenvalue weighted by molar-refractivity contribution is 5.85. The molecule has 15 heavy (non-hydrogen) atoms. The van der Waals surface area contributed by atoms with E-state index in [1.54, 1.807) is 0 Å². The molecule has 0 aliphatic carbocycles. The van der Waals surface area contributed by atoms with Crippen LogP contribution in [-0.2, 0) is 6.54 Å². The second-order valence-corrected chi connectivity index (χ2v) is 3.84. The lowest BCUT2D eigenvalue weighted by atomic mass is 10.1. The van der Waals surface area contributed by atoms with Crippen LogP contribution >= 0.6 is 0 Å². The van der Waals surface area contributed by atoms with Gasteiger partial charge >= 0.3 is 5.97 Å². The van der Waals surface area contributed by atoms with E-state index in [2.05, 4.69) is 24.3 Å². The highest BCUT2D eigenvalue weighted by Crippen LogP contribution is 2.03. The van der Waals surface area contributed by atoms with Crippen LogP contribution in [0.1, 0.15) is 36.5 Å². The van der Waals surface area contributed by atoms with Gasteiger partial charge in [-0.05, 0) is 18.9 Å². The summed E-state index contributed by atoms with van der Waals surface area (Å²) in [6.45, 7) is 5.71. The molecule has 1 heterocycles. The van der Waals surface area contributed by atoms with Gasteiger partial charge in [0.05, 0.1) is 6.54 Å². The monoisotopic (exact) mass is 212 g/mol. The number of hydrogen-bond donors (Lipinski definition) is 2. The number of aromatic nitrogens is 1. The molecule has 1 aromatic rings. The zero-order valence-electron chi connectivity index (χ0n) is 8.99. The van der Waals surface area contributed by atoms with Gasteiger partial charge in [-0.3, -0.25) is 0 Å². The summed E-state index contributed by atoms with van der Waals surface area (Å²) in [6, 6.07) is 1.44. The largest absolute Gasteiger partial charge is 0.476 e. The van der Waals surface area contributed by atoms with Gasteiger partial charge in [-0.2, -0.15) is 0 Å². The van der Waals surface area contributed by atoms with Crippen LogP contribution in [0.5, 0.6) is 0 Å². The van der Waals surface area contributed by atoms with Gasteiger partial charge in [0.1, 0.15) is 0 Å². The Morgan fingerprint density at radius 1 is 1.67 bits per heavy atom. The summed E-state index contributed by atoms with van der Waals surface area (Å²) < 4.78 is 4.84. The van der Waals surface area contributed by atoms with Gasteiger partial charge in [-0.15, -0.1) is 0 Å². The Labute approximate surface area is 88.5 Å². The maximum atomic E-state index is 10.5. The minimum atomic E-state index is -1.06. The molecule has 2 N–H and O–H groups in total. The lowest BCUT2D eigenvalue weighted by Gasteiger charge is -2.04. The summed E-state index contributed by atoms with van der Waals surface area (Å²) >= 11 is 0. The van der Waals surface area contributed by atoms with Crippen LogP contribution in [-0.4, -0.2) is 22.8 Å². The van der Waals surface area contributed by atoms with Gasteiger partial charge in [0.25, 0.3) is 0 Å². The topological polar surface area (TPSA) is 75.4 Å². The van der Waals surface area contributed by atoms with E-state index in [4.69, 9.17) is 9.63 Å². The molecular formula is C10H16N2O3. The van der Waals surface area contributed by atoms with Gasteiger partial charge < -0.3 is 14.9 Å². The number of aromatic carboxylic acids is 1. The molecule has 5 heteroatoms. The number of hydrogen-bond acceptors (Lipinski definition) is 4. The number of nitrogens with zero attached hydrogens (tertiary/aromatic N) is 1. The third-order valence-electron chi connectivity index (χ3n) is 1.98. The molecule has 0 aliphatic heterocycles. The van der Waals surface area contributed by atoms with E-state index in [-0.39, 0.29) is 5.69 Å². The van der Waals surface area contributed by atoms with Crippen LogP contribution in [0.15, 0.2) is 10.6 Å². The predicted octanol–water partition coefficient (Wildman–Crippen LogP) is 1.51. The predicted molar refractivity (Wildman–Crippen MR) is 54.6 cm³/mol. The minimum Gasteiger partial charge on any atom is -0.476 e. The first-order chi connectivity index (χ1) is 7.09. The van der Waals surface area contributed by atoms with Crippen molar-refractivity contribution in [2.45, 2.75) is 26.8 Å². The fraction of sp³-hybridized carbons (Fsp3) is 0.600. The van der Waals surface area contributed by atoms with Crippen LogP contribution in [0.25, 0.3) is 0 Å². The smallest absolute Gasteiger partial charge is 0.358 e. The molecule has 1 rings (SSSR count). The summed E-state index contributed by atoms with van der Waals surface area (Å²) in [5.41, 5.74) is -0.0457. The number of carboxylic acid groups (broad SMARTS) is 1. The van der Waals surface area contributed by atoms with E-state index < -0.39 is 5.97 Å². The third-order valence-corrected chi connectivity index (χ3v) is 1.98. The summed E-state index contributed by atoms with van der Waals surface area (Å²) in [5, 5.41) is 15.2. The van der Waals surface area contributed by atoms with E-state index in [1.165, 1.54) is 6.07 Å². The van der Waals surface area contributed by atoms with Gasteiger partial charge in [-0.1, -0.05) is 19.0 Å². The van der Waals surface area contributed by atoms with Crippen molar-refractivity contribution in [2.24, 2.45) is 5.92 Å². The van der Waals surface area contributed by atoms with Crippen molar-refractivity contribution in [1.29, 1.82) is 0 Å². The molecule has 0 radical (unpaired) electrons. The number of carbonyl (C=O) groups is 1. The van der Waals surface area contributed by atoms with E-state index in [0.29, 0.717) is 18.2 Å². The summed E-state index contributed by atoms with van der Waals surface area (Å²) in [7, 11) is 0. The summed E-state index contributed by atoms with van der Waals surface area (Å²) in [5.74, 6) is 0.144. The molecule has 84 valence electrons. The molecule has 0 amide bonds. The molecule has 0 fully saturated rings. The highest BCUT2D eigenvalue weighted by atomic mass is 16.5. The molecule has 0 saturated carbocycles. The Balaban J connectivity index is 2.29. The molecule has 0 aromatic carbocycles. The fourth-order valence-electron chi connectivity index (χ4n) is 1.10. The van der Waals surface area contributed by atoms with Crippen molar-refractivity contribution >= 4 is 5.97 Å². The Morgan fingerprint density at radius 3 is 2.93 bits per heavy atom. The lowest BCUT2D eigenvalue weighted by molar-refractivity contribution is 0.0685. The van der Waals surface area contributed by atoms with Crippen molar-refractivity contribution in [3.05, 3.63) is 17.5 Å². The molecule has 0 atom stereocenters. The van der Waals surface area contributed by atoms with Crippen LogP contribution < -0.4 is 5.32 Å². The zero-order chi connectivity index (χ0) is 11.3. The first kappa shape index (κ1) is 11.7. The second-order valence-electron chi connectivity index (χ2n) is 3.84. The SMILES string of the molecule is CC(C)CCNCc1cc(C(=O)O)no1. The van der Waals surface area contributed by atoms with Crippen molar-refractivity contribution < 1.29 is 14.4 Å². The minimum absolute atomic E-state index is 0.0457. The van der Waals surface area contributed by atoms with E-state index >= 15 is 0 Å². The molecule has 1 aromatic heterocycles. The highest BCUT2D eigenvalue weighted by Gasteiger charge is 2.09. The Morgan fingerprint density at radius 2 is 2.40 bits per heavy atom. The molecule has 0 bridgehead atoms. The van der Waals surface area contributed by atoms with Crippen LogP contribution in [0.4, 0.5) is 0 Å². The lowest BCUT2D eigenvalue weighted by Crippen LogP contribution is -2.15. The summed E-state index contributed by atoms with van der Waals surface area (Å²) in [6.07, 6.45) is 1.08. The molecule has 0 spiro atoms. The number of nitrogens with one attached hydrogen (secondary N) is 1. The van der Waals surface area contributed by atoms with E-state index in [1.807, 2.05) is 0 Å². The standard InChI is InChI=1S/C10H16N2O3/c1-7(2)3-4-11-6-8-5-9(10(13)14)12-15-8/h5,7,11H,3-4,6H2,1-2H3,(H,13,14). The first-order valence-corrected chi connectivity index (χ1v) is 4.99. The molecule has 5 nitrogen and oxygen atoms in total. The number of carboxylic acids is 1. The van der Waals surface area contributed by atoms with Crippen LogP contribution in [0, 0.1) is 5.92 Å². The molecule has 0 unspecified atom stereocenters. The van der Waals surface area contributed by atoms with Gasteiger partial charge in [-0.25, -0.2) is 4.79 Å². The Kier molecular flexibility index (Phi) is 4.30. The zero-order valence-corrected chi connectivity index (χ0v) is 8.99.